The molecule has 116 valence electrons. The first-order chi connectivity index (χ1) is 10.5. The number of hydrogen-bond donors (Lipinski definition) is 2. The van der Waals surface area contributed by atoms with Crippen molar-refractivity contribution in [2.75, 3.05) is 11.9 Å². The second kappa shape index (κ2) is 7.08. The van der Waals surface area contributed by atoms with Crippen molar-refractivity contribution in [3.05, 3.63) is 29.8 Å². The van der Waals surface area contributed by atoms with Crippen molar-refractivity contribution in [1.82, 2.24) is 0 Å². The highest BCUT2D eigenvalue weighted by atomic mass is 32.2. The molecule has 22 heavy (non-hydrogen) atoms. The second-order valence-corrected chi connectivity index (χ2v) is 5.66. The molecule has 1 aliphatic rings. The molecule has 0 spiro atoms. The van der Waals surface area contributed by atoms with Crippen LogP contribution in [0.25, 0.3) is 0 Å². The van der Waals surface area contributed by atoms with Gasteiger partial charge in [0.25, 0.3) is 0 Å². The normalized spacial score (nSPS) is 17.6. The Morgan fingerprint density at radius 3 is 2.68 bits per heavy atom. The van der Waals surface area contributed by atoms with Crippen LogP contribution in [0.15, 0.2) is 29.3 Å². The number of hydrogen-bond acceptors (Lipinski definition) is 6. The average Bonchev–Trinajstić information content (AvgIpc) is 2.47. The molecule has 0 fully saturated rings. The van der Waals surface area contributed by atoms with Crippen molar-refractivity contribution in [2.45, 2.75) is 18.6 Å². The molecule has 0 saturated heterocycles. The van der Waals surface area contributed by atoms with Gasteiger partial charge in [-0.1, -0.05) is 11.8 Å². The predicted octanol–water partition coefficient (Wildman–Crippen LogP) is 1.15. The van der Waals surface area contributed by atoms with Gasteiger partial charge in [-0.05, 0) is 31.2 Å². The first-order valence-electron chi connectivity index (χ1n) is 6.61. The Morgan fingerprint density at radius 1 is 1.41 bits per heavy atom. The minimum atomic E-state index is -0.602. The van der Waals surface area contributed by atoms with E-state index in [-0.39, 0.29) is 17.5 Å². The highest BCUT2D eigenvalue weighted by Gasteiger charge is 2.27. The Morgan fingerprint density at radius 2 is 2.09 bits per heavy atom. The Bertz CT molecular complexity index is 627. The van der Waals surface area contributed by atoms with Gasteiger partial charge in [0.05, 0.1) is 18.6 Å². The smallest absolute Gasteiger partial charge is 0.338 e. The third-order valence-electron chi connectivity index (χ3n) is 2.81. The number of nitrogens with zero attached hydrogens (tertiary/aromatic N) is 1. The van der Waals surface area contributed by atoms with Crippen LogP contribution in [0.1, 0.15) is 23.7 Å². The summed E-state index contributed by atoms with van der Waals surface area (Å²) >= 11 is 1.05. The van der Waals surface area contributed by atoms with Gasteiger partial charge >= 0.3 is 5.97 Å². The van der Waals surface area contributed by atoms with Crippen LogP contribution in [0, 0.1) is 0 Å². The molecular weight excluding hydrogens is 306 g/mol. The number of esters is 1. The highest BCUT2D eigenvalue weighted by Crippen LogP contribution is 2.22. The van der Waals surface area contributed by atoms with Crippen LogP contribution in [-0.2, 0) is 14.3 Å². The van der Waals surface area contributed by atoms with Crippen molar-refractivity contribution >= 4 is 40.4 Å². The lowest BCUT2D eigenvalue weighted by Gasteiger charge is -2.17. The van der Waals surface area contributed by atoms with Crippen molar-refractivity contribution in [3.8, 4) is 0 Å². The molecule has 1 heterocycles. The van der Waals surface area contributed by atoms with Gasteiger partial charge in [-0.2, -0.15) is 4.99 Å². The molecule has 0 bridgehead atoms. The quantitative estimate of drug-likeness (QED) is 0.805. The van der Waals surface area contributed by atoms with E-state index in [0.717, 1.165) is 11.8 Å². The zero-order valence-corrected chi connectivity index (χ0v) is 12.7. The summed E-state index contributed by atoms with van der Waals surface area (Å²) in [5.41, 5.74) is 6.41. The molecule has 8 heteroatoms. The maximum atomic E-state index is 12.1. The van der Waals surface area contributed by atoms with E-state index in [4.69, 9.17) is 10.5 Å². The first-order valence-corrected chi connectivity index (χ1v) is 7.49. The third-order valence-corrected chi connectivity index (χ3v) is 3.81. The number of nitrogens with one attached hydrogen (secondary N) is 1. The number of benzene rings is 1. The molecule has 1 aliphatic heterocycles. The number of aliphatic imine (C=N–C) groups is 1. The number of anilines is 1. The lowest BCUT2D eigenvalue weighted by molar-refractivity contribution is -0.121. The van der Waals surface area contributed by atoms with Gasteiger partial charge in [0.15, 0.2) is 5.17 Å². The fraction of sp³-hybridized carbons (Fsp3) is 0.286. The van der Waals surface area contributed by atoms with E-state index in [1.165, 1.54) is 0 Å². The molecule has 0 saturated carbocycles. The predicted molar refractivity (Wildman–Crippen MR) is 83.7 cm³/mol. The number of amides is 2. The van der Waals surface area contributed by atoms with E-state index >= 15 is 0 Å². The molecule has 0 unspecified atom stereocenters. The van der Waals surface area contributed by atoms with E-state index in [9.17, 15) is 14.4 Å². The SMILES string of the molecule is CCOC(=O)c1ccc(NC(=O)[C@H]2CC(=O)N=C(N)S2)cc1. The van der Waals surface area contributed by atoms with Crippen molar-refractivity contribution in [2.24, 2.45) is 10.7 Å². The number of rotatable bonds is 4. The highest BCUT2D eigenvalue weighted by molar-refractivity contribution is 8.15. The Balaban J connectivity index is 1.99. The lowest BCUT2D eigenvalue weighted by atomic mass is 10.2. The summed E-state index contributed by atoms with van der Waals surface area (Å²) in [5.74, 6) is -1.16. The van der Waals surface area contributed by atoms with Crippen molar-refractivity contribution in [3.63, 3.8) is 0 Å². The van der Waals surface area contributed by atoms with Gasteiger partial charge in [0.1, 0.15) is 5.25 Å². The summed E-state index contributed by atoms with van der Waals surface area (Å²) in [7, 11) is 0. The van der Waals surface area contributed by atoms with E-state index in [0.29, 0.717) is 17.9 Å². The molecule has 3 N–H and O–H groups in total. The van der Waals surface area contributed by atoms with Crippen LogP contribution in [0.2, 0.25) is 0 Å². The summed E-state index contributed by atoms with van der Waals surface area (Å²) in [6, 6.07) is 6.30. The van der Waals surface area contributed by atoms with E-state index in [1.807, 2.05) is 0 Å². The standard InChI is InChI=1S/C14H15N3O4S/c1-2-21-13(20)8-3-5-9(6-4-8)16-12(19)10-7-11(18)17-14(15)22-10/h3-6,10H,2,7H2,1H3,(H,16,19)(H2,15,17,18)/t10-/m1/s1. The number of amidine groups is 1. The summed E-state index contributed by atoms with van der Waals surface area (Å²) < 4.78 is 4.87. The average molecular weight is 321 g/mol. The van der Waals surface area contributed by atoms with Gasteiger partial charge in [0, 0.05) is 5.69 Å². The molecule has 0 aromatic heterocycles. The van der Waals surface area contributed by atoms with Crippen molar-refractivity contribution in [1.29, 1.82) is 0 Å². The Hall–Kier alpha value is -2.35. The van der Waals surface area contributed by atoms with E-state index in [1.54, 1.807) is 31.2 Å². The molecule has 0 radical (unpaired) electrons. The van der Waals surface area contributed by atoms with E-state index in [2.05, 4.69) is 10.3 Å². The molecule has 1 atom stereocenters. The lowest BCUT2D eigenvalue weighted by Crippen LogP contribution is -2.33. The number of carbonyl (C=O) groups excluding carboxylic acids is 3. The fourth-order valence-corrected chi connectivity index (χ4v) is 2.65. The van der Waals surface area contributed by atoms with Crippen LogP contribution in [0.5, 0.6) is 0 Å². The van der Waals surface area contributed by atoms with Crippen LogP contribution >= 0.6 is 11.8 Å². The molecule has 2 rings (SSSR count). The zero-order valence-electron chi connectivity index (χ0n) is 11.9. The molecule has 1 aromatic carbocycles. The number of carbonyl (C=O) groups is 3. The number of thioether (sulfide) groups is 1. The second-order valence-electron chi connectivity index (χ2n) is 4.44. The monoisotopic (exact) mass is 321 g/mol. The maximum absolute atomic E-state index is 12.1. The summed E-state index contributed by atoms with van der Waals surface area (Å²) in [6.07, 6.45) is 0.0120. The van der Waals surface area contributed by atoms with Crippen molar-refractivity contribution < 1.29 is 19.1 Å². The summed E-state index contributed by atoms with van der Waals surface area (Å²) in [4.78, 5) is 38.5. The van der Waals surface area contributed by atoms with Gasteiger partial charge < -0.3 is 15.8 Å². The fourth-order valence-electron chi connectivity index (χ4n) is 1.81. The minimum absolute atomic E-state index is 0.0120. The minimum Gasteiger partial charge on any atom is -0.462 e. The number of ether oxygens (including phenoxy) is 1. The van der Waals surface area contributed by atoms with Gasteiger partial charge in [-0.15, -0.1) is 0 Å². The van der Waals surface area contributed by atoms with Crippen LogP contribution in [0.4, 0.5) is 5.69 Å². The van der Waals surface area contributed by atoms with Gasteiger partial charge in [-0.25, -0.2) is 4.79 Å². The van der Waals surface area contributed by atoms with E-state index < -0.39 is 17.1 Å². The first kappa shape index (κ1) is 16.0. The van der Waals surface area contributed by atoms with Gasteiger partial charge in [-0.3, -0.25) is 9.59 Å². The topological polar surface area (TPSA) is 111 Å². The number of nitrogens with two attached hydrogens (primary N) is 1. The van der Waals surface area contributed by atoms with Crippen LogP contribution in [0.3, 0.4) is 0 Å². The maximum Gasteiger partial charge on any atom is 0.338 e. The Labute approximate surface area is 131 Å². The molecular formula is C14H15N3O4S. The van der Waals surface area contributed by atoms with Gasteiger partial charge in [0.2, 0.25) is 11.8 Å². The Kier molecular flexibility index (Phi) is 5.16. The van der Waals surface area contributed by atoms with Crippen LogP contribution in [-0.4, -0.2) is 34.8 Å². The zero-order chi connectivity index (χ0) is 16.1. The van der Waals surface area contributed by atoms with Crippen LogP contribution < -0.4 is 11.1 Å². The molecule has 1 aromatic rings. The summed E-state index contributed by atoms with van der Waals surface area (Å²) in [6.45, 7) is 2.03. The molecule has 2 amide bonds. The molecule has 0 aliphatic carbocycles. The third kappa shape index (κ3) is 4.08. The summed E-state index contributed by atoms with van der Waals surface area (Å²) in [5, 5.41) is 2.17. The molecule has 7 nitrogen and oxygen atoms in total. The largest absolute Gasteiger partial charge is 0.462 e.